The Morgan fingerprint density at radius 1 is 0.826 bits per heavy atom. The Balaban J connectivity index is 1.74. The molecule has 0 fully saturated rings. The van der Waals surface area contributed by atoms with E-state index in [0.717, 1.165) is 37.5 Å². The third kappa shape index (κ3) is 4.44. The highest BCUT2D eigenvalue weighted by atomic mass is 16.3. The van der Waals surface area contributed by atoms with E-state index in [1.54, 1.807) is 0 Å². The molecule has 3 nitrogen and oxygen atoms in total. The van der Waals surface area contributed by atoms with Gasteiger partial charge in [0.1, 0.15) is 11.3 Å². The molecule has 0 N–H and O–H groups in total. The lowest BCUT2D eigenvalue weighted by atomic mass is 10.2. The summed E-state index contributed by atoms with van der Waals surface area (Å²) in [7, 11) is 4.23. The van der Waals surface area contributed by atoms with Crippen molar-refractivity contribution >= 4 is 11.0 Å². The Morgan fingerprint density at radius 2 is 1.57 bits per heavy atom. The van der Waals surface area contributed by atoms with Crippen LogP contribution in [0.1, 0.15) is 11.3 Å². The molecule has 0 bridgehead atoms. The Kier molecular flexibility index (Phi) is 5.11. The number of likely N-dealkylation sites (N-methyl/N-ethyl adjacent to an activating group) is 1. The second kappa shape index (κ2) is 7.44. The van der Waals surface area contributed by atoms with Crippen LogP contribution in [0.15, 0.2) is 65.1 Å². The number of nitrogens with zero attached hydrogens (tertiary/aromatic N) is 2. The SMILES string of the molecule is CN(C)CCN(Cc1ccccc1)Cc1cc2ccccc2o1. The quantitative estimate of drug-likeness (QED) is 0.658. The van der Waals surface area contributed by atoms with Gasteiger partial charge in [0.05, 0.1) is 6.54 Å². The summed E-state index contributed by atoms with van der Waals surface area (Å²) in [5.74, 6) is 1.03. The molecule has 0 atom stereocenters. The van der Waals surface area contributed by atoms with Gasteiger partial charge < -0.3 is 9.32 Å². The standard InChI is InChI=1S/C20H24N2O/c1-21(2)12-13-22(15-17-8-4-3-5-9-17)16-19-14-18-10-6-7-11-20(18)23-19/h3-11,14H,12-13,15-16H2,1-2H3. The third-order valence-electron chi connectivity index (χ3n) is 3.97. The molecular weight excluding hydrogens is 284 g/mol. The Morgan fingerprint density at radius 3 is 2.30 bits per heavy atom. The van der Waals surface area contributed by atoms with Crippen molar-refractivity contribution in [2.24, 2.45) is 0 Å². The number of rotatable bonds is 7. The molecule has 0 aliphatic carbocycles. The fraction of sp³-hybridized carbons (Fsp3) is 0.300. The van der Waals surface area contributed by atoms with E-state index in [1.165, 1.54) is 10.9 Å². The van der Waals surface area contributed by atoms with Gasteiger partial charge in [-0.2, -0.15) is 0 Å². The lowest BCUT2D eigenvalue weighted by Gasteiger charge is -2.23. The van der Waals surface area contributed by atoms with Crippen molar-refractivity contribution < 1.29 is 4.42 Å². The van der Waals surface area contributed by atoms with Gasteiger partial charge in [0.25, 0.3) is 0 Å². The molecule has 3 aromatic rings. The van der Waals surface area contributed by atoms with Gasteiger partial charge in [-0.1, -0.05) is 48.5 Å². The van der Waals surface area contributed by atoms with E-state index >= 15 is 0 Å². The van der Waals surface area contributed by atoms with E-state index in [-0.39, 0.29) is 0 Å². The maximum Gasteiger partial charge on any atom is 0.134 e. The second-order valence-corrected chi connectivity index (χ2v) is 6.25. The minimum absolute atomic E-state index is 0.831. The number of hydrogen-bond acceptors (Lipinski definition) is 3. The molecule has 0 amide bonds. The lowest BCUT2D eigenvalue weighted by molar-refractivity contribution is 0.212. The van der Waals surface area contributed by atoms with Crippen molar-refractivity contribution in [1.29, 1.82) is 0 Å². The van der Waals surface area contributed by atoms with Gasteiger partial charge in [0.2, 0.25) is 0 Å². The van der Waals surface area contributed by atoms with E-state index in [1.807, 2.05) is 12.1 Å². The van der Waals surface area contributed by atoms with Crippen molar-refractivity contribution in [3.8, 4) is 0 Å². The highest BCUT2D eigenvalue weighted by Gasteiger charge is 2.11. The average molecular weight is 308 g/mol. The smallest absolute Gasteiger partial charge is 0.134 e. The van der Waals surface area contributed by atoms with Crippen LogP contribution in [0.4, 0.5) is 0 Å². The molecule has 0 aliphatic rings. The van der Waals surface area contributed by atoms with Crippen molar-refractivity contribution in [2.45, 2.75) is 13.1 Å². The molecule has 1 heterocycles. The van der Waals surface area contributed by atoms with E-state index in [0.29, 0.717) is 0 Å². The van der Waals surface area contributed by atoms with Crippen LogP contribution in [0.25, 0.3) is 11.0 Å². The molecule has 120 valence electrons. The molecular formula is C20H24N2O. The fourth-order valence-electron chi connectivity index (χ4n) is 2.73. The number of furan rings is 1. The first-order valence-corrected chi connectivity index (χ1v) is 8.09. The van der Waals surface area contributed by atoms with E-state index in [4.69, 9.17) is 4.42 Å². The molecule has 0 aliphatic heterocycles. The Hall–Kier alpha value is -2.10. The monoisotopic (exact) mass is 308 g/mol. The minimum atomic E-state index is 0.831. The number of para-hydroxylation sites is 1. The zero-order valence-corrected chi connectivity index (χ0v) is 13.9. The van der Waals surface area contributed by atoms with Crippen LogP contribution in [0.5, 0.6) is 0 Å². The molecule has 2 aromatic carbocycles. The van der Waals surface area contributed by atoms with Crippen LogP contribution in [0.3, 0.4) is 0 Å². The van der Waals surface area contributed by atoms with Crippen molar-refractivity contribution in [3.63, 3.8) is 0 Å². The molecule has 0 spiro atoms. The first-order valence-electron chi connectivity index (χ1n) is 8.09. The van der Waals surface area contributed by atoms with Gasteiger partial charge in [-0.15, -0.1) is 0 Å². The van der Waals surface area contributed by atoms with E-state index in [9.17, 15) is 0 Å². The van der Waals surface area contributed by atoms with Gasteiger partial charge in [0, 0.05) is 25.0 Å². The summed E-state index contributed by atoms with van der Waals surface area (Å²) in [5.41, 5.74) is 2.30. The summed E-state index contributed by atoms with van der Waals surface area (Å²) in [6.45, 7) is 3.81. The maximum absolute atomic E-state index is 5.99. The van der Waals surface area contributed by atoms with Crippen LogP contribution in [0.2, 0.25) is 0 Å². The Bertz CT molecular complexity index is 700. The third-order valence-corrected chi connectivity index (χ3v) is 3.97. The van der Waals surface area contributed by atoms with E-state index in [2.05, 4.69) is 72.4 Å². The zero-order chi connectivity index (χ0) is 16.1. The second-order valence-electron chi connectivity index (χ2n) is 6.25. The molecule has 1 aromatic heterocycles. The highest BCUT2D eigenvalue weighted by molar-refractivity contribution is 5.77. The van der Waals surface area contributed by atoms with Gasteiger partial charge in [-0.25, -0.2) is 0 Å². The van der Waals surface area contributed by atoms with Crippen molar-refractivity contribution in [3.05, 3.63) is 72.0 Å². The molecule has 3 heteroatoms. The first-order chi connectivity index (χ1) is 11.2. The Labute approximate surface area is 138 Å². The topological polar surface area (TPSA) is 19.6 Å². The molecule has 23 heavy (non-hydrogen) atoms. The normalized spacial score (nSPS) is 11.7. The summed E-state index contributed by atoms with van der Waals surface area (Å²) < 4.78 is 5.99. The molecule has 0 radical (unpaired) electrons. The van der Waals surface area contributed by atoms with Gasteiger partial charge in [-0.3, -0.25) is 4.90 Å². The number of fused-ring (bicyclic) bond motifs is 1. The van der Waals surface area contributed by atoms with Crippen LogP contribution in [0, 0.1) is 0 Å². The predicted octanol–water partition coefficient (Wildman–Crippen LogP) is 4.00. The number of benzene rings is 2. The molecule has 0 saturated carbocycles. The lowest BCUT2D eigenvalue weighted by Crippen LogP contribution is -2.31. The summed E-state index contributed by atoms with van der Waals surface area (Å²) in [6, 6.07) is 21.0. The van der Waals surface area contributed by atoms with Crippen molar-refractivity contribution in [2.75, 3.05) is 27.2 Å². The van der Waals surface area contributed by atoms with Crippen LogP contribution in [-0.2, 0) is 13.1 Å². The minimum Gasteiger partial charge on any atom is -0.460 e. The predicted molar refractivity (Wildman–Crippen MR) is 95.3 cm³/mol. The van der Waals surface area contributed by atoms with Gasteiger partial charge in [-0.05, 0) is 31.8 Å². The highest BCUT2D eigenvalue weighted by Crippen LogP contribution is 2.20. The summed E-state index contributed by atoms with van der Waals surface area (Å²) in [6.07, 6.45) is 0. The van der Waals surface area contributed by atoms with E-state index < -0.39 is 0 Å². The fourth-order valence-corrected chi connectivity index (χ4v) is 2.73. The molecule has 0 unspecified atom stereocenters. The molecule has 3 rings (SSSR count). The summed E-state index contributed by atoms with van der Waals surface area (Å²) >= 11 is 0. The van der Waals surface area contributed by atoms with Crippen molar-refractivity contribution in [1.82, 2.24) is 9.80 Å². The number of hydrogen-bond donors (Lipinski definition) is 0. The maximum atomic E-state index is 5.99. The molecule has 0 saturated heterocycles. The first kappa shape index (κ1) is 15.8. The zero-order valence-electron chi connectivity index (χ0n) is 13.9. The van der Waals surface area contributed by atoms with Crippen LogP contribution in [-0.4, -0.2) is 37.0 Å². The summed E-state index contributed by atoms with van der Waals surface area (Å²) in [4.78, 5) is 4.66. The van der Waals surface area contributed by atoms with Gasteiger partial charge >= 0.3 is 0 Å². The average Bonchev–Trinajstić information content (AvgIpc) is 2.96. The van der Waals surface area contributed by atoms with Crippen LogP contribution < -0.4 is 0 Å². The van der Waals surface area contributed by atoms with Gasteiger partial charge in [0.15, 0.2) is 0 Å². The van der Waals surface area contributed by atoms with Crippen LogP contribution >= 0.6 is 0 Å². The summed E-state index contributed by atoms with van der Waals surface area (Å²) in [5, 5.41) is 1.18. The largest absolute Gasteiger partial charge is 0.460 e.